The van der Waals surface area contributed by atoms with Crippen LogP contribution in [0.3, 0.4) is 0 Å². The molecule has 6 nitrogen and oxygen atoms in total. The van der Waals surface area contributed by atoms with Crippen LogP contribution in [0.1, 0.15) is 30.1 Å². The summed E-state index contributed by atoms with van der Waals surface area (Å²) in [6.45, 7) is 1.87. The molecule has 0 aliphatic heterocycles. The monoisotopic (exact) mass is 474 g/mol. The van der Waals surface area contributed by atoms with Crippen molar-refractivity contribution in [2.45, 2.75) is 19.8 Å². The predicted molar refractivity (Wildman–Crippen MR) is 116 cm³/mol. The summed E-state index contributed by atoms with van der Waals surface area (Å²) in [6.07, 6.45) is -0.0422. The lowest BCUT2D eigenvalue weighted by atomic mass is 10.1. The van der Waals surface area contributed by atoms with Gasteiger partial charge in [0.2, 0.25) is 0 Å². The number of carbonyl (C=O) groups is 3. The summed E-state index contributed by atoms with van der Waals surface area (Å²) in [5.41, 5.74) is 1.35. The molecule has 2 aromatic carbocycles. The van der Waals surface area contributed by atoms with Gasteiger partial charge in [0.05, 0.1) is 16.6 Å². The van der Waals surface area contributed by atoms with E-state index in [4.69, 9.17) is 4.74 Å². The van der Waals surface area contributed by atoms with E-state index in [9.17, 15) is 14.4 Å². The number of Topliss-reactive ketones (excluding diaryl/α,β-unsaturated/α-hetero) is 1. The van der Waals surface area contributed by atoms with Gasteiger partial charge in [-0.1, -0.05) is 51.5 Å². The van der Waals surface area contributed by atoms with E-state index >= 15 is 0 Å². The molecule has 3 rings (SSSR count). The van der Waals surface area contributed by atoms with Crippen molar-refractivity contribution < 1.29 is 19.1 Å². The zero-order valence-corrected chi connectivity index (χ0v) is 18.2. The number of benzene rings is 2. The van der Waals surface area contributed by atoms with E-state index in [1.807, 2.05) is 31.2 Å². The van der Waals surface area contributed by atoms with Gasteiger partial charge in [0, 0.05) is 23.0 Å². The highest BCUT2D eigenvalue weighted by atomic mass is 79.9. The Balaban J connectivity index is 1.51. The molecule has 0 saturated heterocycles. The van der Waals surface area contributed by atoms with Crippen LogP contribution in [0.15, 0.2) is 53.0 Å². The van der Waals surface area contributed by atoms with Crippen LogP contribution in [0.25, 0.3) is 10.2 Å². The van der Waals surface area contributed by atoms with Crippen LogP contribution in [0.2, 0.25) is 0 Å². The highest BCUT2D eigenvalue weighted by Crippen LogP contribution is 2.28. The van der Waals surface area contributed by atoms with Gasteiger partial charge in [0.25, 0.3) is 5.91 Å². The van der Waals surface area contributed by atoms with Crippen molar-refractivity contribution in [1.29, 1.82) is 0 Å². The summed E-state index contributed by atoms with van der Waals surface area (Å²) < 4.78 is 6.93. The van der Waals surface area contributed by atoms with Gasteiger partial charge in [0.1, 0.15) is 0 Å². The van der Waals surface area contributed by atoms with Gasteiger partial charge in [-0.3, -0.25) is 19.3 Å². The summed E-state index contributed by atoms with van der Waals surface area (Å²) in [4.78, 5) is 42.5. The average Bonchev–Trinajstić information content (AvgIpc) is 3.15. The van der Waals surface area contributed by atoms with Crippen LogP contribution in [0.5, 0.6) is 0 Å². The number of ketones is 1. The Hall–Kier alpha value is -2.58. The van der Waals surface area contributed by atoms with Gasteiger partial charge in [-0.05, 0) is 31.2 Å². The third-order valence-corrected chi connectivity index (χ3v) is 5.80. The number of carbonyl (C=O) groups excluding carboxylic acids is 3. The summed E-state index contributed by atoms with van der Waals surface area (Å²) in [5.74, 6) is -1.08. The van der Waals surface area contributed by atoms with Crippen molar-refractivity contribution in [1.82, 2.24) is 4.98 Å². The second kappa shape index (κ2) is 9.76. The number of rotatable bonds is 8. The van der Waals surface area contributed by atoms with Gasteiger partial charge in [0.15, 0.2) is 17.5 Å². The molecule has 1 heterocycles. The number of fused-ring (bicyclic) bond motifs is 1. The first-order valence-corrected chi connectivity index (χ1v) is 10.7. The fourth-order valence-corrected chi connectivity index (χ4v) is 3.99. The fourth-order valence-electron chi connectivity index (χ4n) is 2.68. The van der Waals surface area contributed by atoms with Crippen LogP contribution in [-0.4, -0.2) is 35.8 Å². The normalized spacial score (nSPS) is 10.7. The number of amides is 1. The van der Waals surface area contributed by atoms with E-state index in [1.54, 1.807) is 24.3 Å². The molecular weight excluding hydrogens is 456 g/mol. The van der Waals surface area contributed by atoms with Gasteiger partial charge >= 0.3 is 5.97 Å². The molecule has 150 valence electrons. The number of ether oxygens (including phenoxy) is 1. The van der Waals surface area contributed by atoms with Gasteiger partial charge < -0.3 is 4.74 Å². The standard InChI is InChI=1S/C21H19BrN2O4S/c1-2-24(21-23-16-5-3-4-6-18(16)29-21)19(26)13-28-20(27)12-11-17(25)14-7-9-15(22)10-8-14/h3-10H,2,11-13H2,1H3. The molecule has 0 fully saturated rings. The molecule has 0 bridgehead atoms. The first kappa shape index (κ1) is 21.1. The summed E-state index contributed by atoms with van der Waals surface area (Å²) in [5, 5.41) is 0.570. The van der Waals surface area contributed by atoms with E-state index in [0.717, 1.165) is 14.7 Å². The Morgan fingerprint density at radius 2 is 1.79 bits per heavy atom. The zero-order valence-electron chi connectivity index (χ0n) is 15.8. The second-order valence-electron chi connectivity index (χ2n) is 6.19. The molecule has 8 heteroatoms. The second-order valence-corrected chi connectivity index (χ2v) is 8.12. The fraction of sp³-hybridized carbons (Fsp3) is 0.238. The van der Waals surface area contributed by atoms with E-state index in [-0.39, 0.29) is 31.1 Å². The number of esters is 1. The van der Waals surface area contributed by atoms with Crippen molar-refractivity contribution in [3.63, 3.8) is 0 Å². The van der Waals surface area contributed by atoms with E-state index in [1.165, 1.54) is 16.2 Å². The predicted octanol–water partition coefficient (Wildman–Crippen LogP) is 4.62. The Morgan fingerprint density at radius 1 is 1.07 bits per heavy atom. The third kappa shape index (κ3) is 5.48. The van der Waals surface area contributed by atoms with Crippen LogP contribution in [-0.2, 0) is 14.3 Å². The lowest BCUT2D eigenvalue weighted by Crippen LogP contribution is -2.34. The number of halogens is 1. The third-order valence-electron chi connectivity index (χ3n) is 4.21. The van der Waals surface area contributed by atoms with Crippen molar-refractivity contribution in [2.75, 3.05) is 18.1 Å². The van der Waals surface area contributed by atoms with Gasteiger partial charge in [-0.2, -0.15) is 0 Å². The summed E-state index contributed by atoms with van der Waals surface area (Å²) in [6, 6.07) is 14.6. The molecule has 0 saturated carbocycles. The Labute approximate surface area is 180 Å². The Morgan fingerprint density at radius 3 is 2.48 bits per heavy atom. The molecule has 0 N–H and O–H groups in total. The molecular formula is C21H19BrN2O4S. The number of aromatic nitrogens is 1. The molecule has 0 spiro atoms. The number of anilines is 1. The van der Waals surface area contributed by atoms with Crippen molar-refractivity contribution in [3.8, 4) is 0 Å². The van der Waals surface area contributed by atoms with Crippen molar-refractivity contribution in [3.05, 3.63) is 58.6 Å². The smallest absolute Gasteiger partial charge is 0.306 e. The maximum atomic E-state index is 12.5. The first-order valence-electron chi connectivity index (χ1n) is 9.08. The van der Waals surface area contributed by atoms with E-state index in [0.29, 0.717) is 17.2 Å². The number of hydrogen-bond donors (Lipinski definition) is 0. The van der Waals surface area contributed by atoms with Gasteiger partial charge in [-0.15, -0.1) is 0 Å². The largest absolute Gasteiger partial charge is 0.456 e. The van der Waals surface area contributed by atoms with E-state index in [2.05, 4.69) is 20.9 Å². The van der Waals surface area contributed by atoms with Crippen LogP contribution in [0.4, 0.5) is 5.13 Å². The van der Waals surface area contributed by atoms with E-state index < -0.39 is 5.97 Å². The highest BCUT2D eigenvalue weighted by Gasteiger charge is 2.20. The SMILES string of the molecule is CCN(C(=O)COC(=O)CCC(=O)c1ccc(Br)cc1)c1nc2ccccc2s1. The molecule has 1 aromatic heterocycles. The number of thiazole rings is 1. The first-order chi connectivity index (χ1) is 14.0. The molecule has 29 heavy (non-hydrogen) atoms. The van der Waals surface area contributed by atoms with Crippen LogP contribution in [0, 0.1) is 0 Å². The van der Waals surface area contributed by atoms with Gasteiger partial charge in [-0.25, -0.2) is 4.98 Å². The molecule has 1 amide bonds. The van der Waals surface area contributed by atoms with Crippen LogP contribution < -0.4 is 4.90 Å². The van der Waals surface area contributed by atoms with Crippen LogP contribution >= 0.6 is 27.3 Å². The number of likely N-dealkylation sites (N-methyl/N-ethyl adjacent to an activating group) is 1. The van der Waals surface area contributed by atoms with Crippen molar-refractivity contribution in [2.24, 2.45) is 0 Å². The summed E-state index contributed by atoms with van der Waals surface area (Å²) in [7, 11) is 0. The highest BCUT2D eigenvalue weighted by molar-refractivity contribution is 9.10. The Kier molecular flexibility index (Phi) is 7.11. The topological polar surface area (TPSA) is 76.6 Å². The average molecular weight is 475 g/mol. The zero-order chi connectivity index (χ0) is 20.8. The molecule has 0 unspecified atom stereocenters. The minimum atomic E-state index is -0.579. The lowest BCUT2D eigenvalue weighted by molar-refractivity contribution is -0.147. The molecule has 0 aliphatic carbocycles. The maximum Gasteiger partial charge on any atom is 0.306 e. The Bertz CT molecular complexity index is 1000. The molecule has 0 aliphatic rings. The minimum Gasteiger partial charge on any atom is -0.456 e. The number of para-hydroxylation sites is 1. The number of hydrogen-bond acceptors (Lipinski definition) is 6. The lowest BCUT2D eigenvalue weighted by Gasteiger charge is -2.17. The minimum absolute atomic E-state index is 0.0318. The molecule has 0 atom stereocenters. The summed E-state index contributed by atoms with van der Waals surface area (Å²) >= 11 is 4.72. The van der Waals surface area contributed by atoms with Crippen molar-refractivity contribution >= 4 is 60.3 Å². The molecule has 0 radical (unpaired) electrons. The quantitative estimate of drug-likeness (QED) is 0.351. The number of nitrogens with zero attached hydrogens (tertiary/aromatic N) is 2. The molecule has 3 aromatic rings. The maximum absolute atomic E-state index is 12.5.